The molecule has 4 aliphatic rings. The quantitative estimate of drug-likeness (QED) is 0.780. The summed E-state index contributed by atoms with van der Waals surface area (Å²) in [5, 5.41) is 9.54. The van der Waals surface area contributed by atoms with Crippen LogP contribution in [-0.4, -0.2) is 35.1 Å². The van der Waals surface area contributed by atoms with E-state index in [-0.39, 0.29) is 11.5 Å². The first-order valence-corrected chi connectivity index (χ1v) is 9.51. The van der Waals surface area contributed by atoms with E-state index in [0.717, 1.165) is 45.2 Å². The summed E-state index contributed by atoms with van der Waals surface area (Å²) in [6, 6.07) is 0. The topological polar surface area (TPSA) is 40.5 Å². The highest BCUT2D eigenvalue weighted by Crippen LogP contribution is 2.57. The predicted molar refractivity (Wildman–Crippen MR) is 92.8 cm³/mol. The number of nitrogens with zero attached hydrogens (tertiary/aromatic N) is 1. The van der Waals surface area contributed by atoms with E-state index in [9.17, 15) is 9.90 Å². The van der Waals surface area contributed by atoms with Gasteiger partial charge in [0.05, 0.1) is 6.10 Å². The van der Waals surface area contributed by atoms with Crippen molar-refractivity contribution in [1.82, 2.24) is 4.90 Å². The molecule has 0 spiro atoms. The fraction of sp³-hybridized carbons (Fsp3) is 0.947. The van der Waals surface area contributed by atoms with E-state index in [2.05, 4.69) is 6.92 Å². The number of hydrogen-bond acceptors (Lipinski definition) is 2. The number of carbonyl (C=O) groups is 1. The van der Waals surface area contributed by atoms with Crippen molar-refractivity contribution in [2.75, 3.05) is 13.1 Å². The molecule has 0 atom stereocenters. The summed E-state index contributed by atoms with van der Waals surface area (Å²) >= 11 is 0. The zero-order valence-corrected chi connectivity index (χ0v) is 15.5. The van der Waals surface area contributed by atoms with Gasteiger partial charge in [0, 0.05) is 18.5 Å². The van der Waals surface area contributed by atoms with E-state index < -0.39 is 0 Å². The Morgan fingerprint density at radius 2 is 1.32 bits per heavy atom. The Balaban J connectivity index is 0.000000561. The standard InChI is InChI=1S/C15H25NO2.2C2H6/c1-14-4-7-15(8-5-14,9-6-14)13(18)16-10-2-12(17)3-11-16;2*1-2/h12,17H,2-11H2,1H3;2*1-2H3. The Labute approximate surface area is 137 Å². The maximum atomic E-state index is 12.8. The molecule has 0 aromatic rings. The maximum Gasteiger partial charge on any atom is 0.228 e. The van der Waals surface area contributed by atoms with Crippen LogP contribution >= 0.6 is 0 Å². The molecule has 3 nitrogen and oxygen atoms in total. The molecule has 0 unspecified atom stereocenters. The summed E-state index contributed by atoms with van der Waals surface area (Å²) in [6.07, 6.45) is 8.33. The third-order valence-electron chi connectivity index (χ3n) is 5.83. The van der Waals surface area contributed by atoms with Gasteiger partial charge in [-0.2, -0.15) is 0 Å². The van der Waals surface area contributed by atoms with Crippen molar-refractivity contribution in [3.63, 3.8) is 0 Å². The van der Waals surface area contributed by atoms with Crippen molar-refractivity contribution in [3.8, 4) is 0 Å². The van der Waals surface area contributed by atoms with Crippen LogP contribution in [0.5, 0.6) is 0 Å². The number of piperidine rings is 1. The minimum absolute atomic E-state index is 0.0277. The number of amides is 1. The molecule has 4 fully saturated rings. The molecule has 1 saturated heterocycles. The molecule has 2 bridgehead atoms. The Kier molecular flexibility index (Phi) is 7.37. The average molecular weight is 312 g/mol. The number of carbonyl (C=O) groups excluding carboxylic acids is 1. The Bertz CT molecular complexity index is 321. The normalized spacial score (nSPS) is 34.2. The summed E-state index contributed by atoms with van der Waals surface area (Å²) in [4.78, 5) is 14.8. The van der Waals surface area contributed by atoms with Crippen LogP contribution in [0.1, 0.15) is 86.0 Å². The first-order chi connectivity index (χ1) is 10.5. The minimum Gasteiger partial charge on any atom is -0.393 e. The zero-order valence-electron chi connectivity index (χ0n) is 15.5. The highest BCUT2D eigenvalue weighted by atomic mass is 16.3. The Morgan fingerprint density at radius 3 is 1.73 bits per heavy atom. The lowest BCUT2D eigenvalue weighted by atomic mass is 9.54. The van der Waals surface area contributed by atoms with E-state index >= 15 is 0 Å². The summed E-state index contributed by atoms with van der Waals surface area (Å²) in [5.74, 6) is 0.399. The monoisotopic (exact) mass is 311 g/mol. The molecule has 3 aliphatic carbocycles. The van der Waals surface area contributed by atoms with Gasteiger partial charge >= 0.3 is 0 Å². The van der Waals surface area contributed by atoms with E-state index in [1.807, 2.05) is 32.6 Å². The second-order valence-corrected chi connectivity index (χ2v) is 7.11. The third kappa shape index (κ3) is 4.04. The van der Waals surface area contributed by atoms with Gasteiger partial charge in [0.1, 0.15) is 0 Å². The van der Waals surface area contributed by atoms with Gasteiger partial charge in [-0.15, -0.1) is 0 Å². The Hall–Kier alpha value is -0.570. The van der Waals surface area contributed by atoms with E-state index in [4.69, 9.17) is 0 Å². The van der Waals surface area contributed by atoms with Gasteiger partial charge < -0.3 is 10.0 Å². The van der Waals surface area contributed by atoms with Crippen LogP contribution in [0.25, 0.3) is 0 Å². The highest BCUT2D eigenvalue weighted by Gasteiger charge is 2.51. The molecule has 0 radical (unpaired) electrons. The van der Waals surface area contributed by atoms with Gasteiger partial charge in [-0.3, -0.25) is 4.79 Å². The number of hydrogen-bond donors (Lipinski definition) is 1. The number of fused-ring (bicyclic) bond motifs is 3. The lowest BCUT2D eigenvalue weighted by Gasteiger charge is -2.52. The van der Waals surface area contributed by atoms with Crippen LogP contribution in [0.3, 0.4) is 0 Å². The van der Waals surface area contributed by atoms with E-state index in [1.165, 1.54) is 19.3 Å². The van der Waals surface area contributed by atoms with Gasteiger partial charge in [0.2, 0.25) is 5.91 Å². The van der Waals surface area contributed by atoms with E-state index in [0.29, 0.717) is 11.3 Å². The van der Waals surface area contributed by atoms with Crippen LogP contribution in [0.15, 0.2) is 0 Å². The molecule has 1 heterocycles. The smallest absolute Gasteiger partial charge is 0.228 e. The molecule has 1 amide bonds. The third-order valence-corrected chi connectivity index (χ3v) is 5.83. The van der Waals surface area contributed by atoms with Crippen molar-refractivity contribution < 1.29 is 9.90 Å². The second-order valence-electron chi connectivity index (χ2n) is 7.11. The lowest BCUT2D eigenvalue weighted by Crippen LogP contribution is -2.52. The van der Waals surface area contributed by atoms with Crippen molar-refractivity contribution >= 4 is 5.91 Å². The fourth-order valence-corrected chi connectivity index (χ4v) is 4.10. The van der Waals surface area contributed by atoms with Crippen molar-refractivity contribution in [3.05, 3.63) is 0 Å². The van der Waals surface area contributed by atoms with Crippen LogP contribution in [0.2, 0.25) is 0 Å². The molecule has 0 aromatic carbocycles. The summed E-state index contributed by atoms with van der Waals surface area (Å²) in [6.45, 7) is 11.9. The number of likely N-dealkylation sites (tertiary alicyclic amines) is 1. The molecule has 0 aromatic heterocycles. The largest absolute Gasteiger partial charge is 0.393 e. The van der Waals surface area contributed by atoms with Crippen LogP contribution in [0, 0.1) is 10.8 Å². The van der Waals surface area contributed by atoms with Gasteiger partial charge in [-0.1, -0.05) is 34.6 Å². The molecule has 4 rings (SSSR count). The first kappa shape index (κ1) is 19.5. The molecule has 3 saturated carbocycles. The Morgan fingerprint density at radius 1 is 0.909 bits per heavy atom. The van der Waals surface area contributed by atoms with Gasteiger partial charge in [-0.25, -0.2) is 0 Å². The van der Waals surface area contributed by atoms with Crippen LogP contribution < -0.4 is 0 Å². The summed E-state index contributed by atoms with van der Waals surface area (Å²) < 4.78 is 0. The van der Waals surface area contributed by atoms with Crippen LogP contribution in [-0.2, 0) is 4.79 Å². The lowest BCUT2D eigenvalue weighted by molar-refractivity contribution is -0.153. The van der Waals surface area contributed by atoms with Gasteiger partial charge in [0.25, 0.3) is 0 Å². The molecule has 130 valence electrons. The molecule has 3 heteroatoms. The number of aliphatic hydroxyl groups excluding tert-OH is 1. The molecule has 1 N–H and O–H groups in total. The maximum absolute atomic E-state index is 12.8. The van der Waals surface area contributed by atoms with Crippen molar-refractivity contribution in [1.29, 1.82) is 0 Å². The predicted octanol–water partition coefficient (Wildman–Crippen LogP) is 4.38. The van der Waals surface area contributed by atoms with Crippen LogP contribution in [0.4, 0.5) is 0 Å². The number of rotatable bonds is 1. The van der Waals surface area contributed by atoms with E-state index in [1.54, 1.807) is 0 Å². The summed E-state index contributed by atoms with van der Waals surface area (Å²) in [7, 11) is 0. The molecular weight excluding hydrogens is 274 g/mol. The average Bonchev–Trinajstić information content (AvgIpc) is 2.60. The number of aliphatic hydroxyl groups is 1. The fourth-order valence-electron chi connectivity index (χ4n) is 4.10. The van der Waals surface area contributed by atoms with Gasteiger partial charge in [-0.05, 0) is 56.8 Å². The second kappa shape index (κ2) is 8.33. The molecule has 1 aliphatic heterocycles. The zero-order chi connectivity index (χ0) is 16.8. The van der Waals surface area contributed by atoms with Gasteiger partial charge in [0.15, 0.2) is 0 Å². The summed E-state index contributed by atoms with van der Waals surface area (Å²) in [5.41, 5.74) is 0.500. The molecular formula is C19H37NO2. The minimum atomic E-state index is -0.187. The highest BCUT2D eigenvalue weighted by molar-refractivity contribution is 5.83. The molecule has 22 heavy (non-hydrogen) atoms. The SMILES string of the molecule is CC.CC.CC12CCC(C(=O)N3CCC(O)CC3)(CC1)CC2. The first-order valence-electron chi connectivity index (χ1n) is 9.51. The van der Waals surface area contributed by atoms with Crippen molar-refractivity contribution in [2.45, 2.75) is 92.1 Å². The van der Waals surface area contributed by atoms with Crippen molar-refractivity contribution in [2.24, 2.45) is 10.8 Å².